The number of nitrogens with one attached hydrogen (secondary N) is 1. The lowest BCUT2D eigenvalue weighted by atomic mass is 10.1. The third-order valence-corrected chi connectivity index (χ3v) is 5.29. The number of imidazole rings is 1. The monoisotopic (exact) mass is 391 g/mol. The van der Waals surface area contributed by atoms with Crippen molar-refractivity contribution in [2.45, 2.75) is 6.42 Å². The second kappa shape index (κ2) is 8.45. The number of fused-ring (bicyclic) bond motifs is 1. The van der Waals surface area contributed by atoms with Crippen molar-refractivity contribution in [1.29, 1.82) is 0 Å². The number of pyridine rings is 1. The Morgan fingerprint density at radius 2 is 1.72 bits per heavy atom. The smallest absolute Gasteiger partial charge is 0.287 e. The third-order valence-electron chi connectivity index (χ3n) is 5.29. The predicted octanol–water partition coefficient (Wildman–Crippen LogP) is 1.69. The lowest BCUT2D eigenvalue weighted by Gasteiger charge is -2.32. The molecule has 3 aromatic rings. The molecule has 0 saturated carbocycles. The number of amides is 2. The normalized spacial score (nSPS) is 14.9. The van der Waals surface area contributed by atoms with Gasteiger partial charge in [-0.2, -0.15) is 0 Å². The molecule has 0 aliphatic carbocycles. The summed E-state index contributed by atoms with van der Waals surface area (Å²) in [6, 6.07) is 15.5. The minimum absolute atomic E-state index is 0.120. The number of carbonyl (C=O) groups excluding carboxylic acids is 2. The molecule has 4 rings (SSSR count). The highest BCUT2D eigenvalue weighted by Gasteiger charge is 2.26. The average Bonchev–Trinajstić information content (AvgIpc) is 3.14. The number of hydrogen-bond donors (Lipinski definition) is 1. The Bertz CT molecular complexity index is 1010. The molecule has 2 aromatic heterocycles. The SMILES string of the molecule is CN1CCN(C(=O)c2nc(C(=O)NCCc3ccccc3)n3ccccc23)CC1. The predicted molar refractivity (Wildman–Crippen MR) is 111 cm³/mol. The third kappa shape index (κ3) is 4.14. The minimum Gasteiger partial charge on any atom is -0.349 e. The van der Waals surface area contributed by atoms with E-state index in [4.69, 9.17) is 0 Å². The Labute approximate surface area is 169 Å². The number of nitrogens with zero attached hydrogens (tertiary/aromatic N) is 4. The summed E-state index contributed by atoms with van der Waals surface area (Å²) < 4.78 is 1.70. The second-order valence-electron chi connectivity index (χ2n) is 7.33. The quantitative estimate of drug-likeness (QED) is 0.719. The van der Waals surface area contributed by atoms with E-state index in [1.165, 1.54) is 0 Å². The number of benzene rings is 1. The van der Waals surface area contributed by atoms with Gasteiger partial charge in [0.15, 0.2) is 5.69 Å². The van der Waals surface area contributed by atoms with Crippen molar-refractivity contribution >= 4 is 17.3 Å². The molecule has 1 aromatic carbocycles. The molecule has 29 heavy (non-hydrogen) atoms. The second-order valence-corrected chi connectivity index (χ2v) is 7.33. The Morgan fingerprint density at radius 1 is 1.00 bits per heavy atom. The van der Waals surface area contributed by atoms with Gasteiger partial charge in [-0.3, -0.25) is 14.0 Å². The van der Waals surface area contributed by atoms with Crippen molar-refractivity contribution in [2.24, 2.45) is 0 Å². The van der Waals surface area contributed by atoms with Crippen molar-refractivity contribution in [3.63, 3.8) is 0 Å². The van der Waals surface area contributed by atoms with Crippen LogP contribution >= 0.6 is 0 Å². The first-order chi connectivity index (χ1) is 14.1. The van der Waals surface area contributed by atoms with Gasteiger partial charge in [-0.25, -0.2) is 4.98 Å². The highest BCUT2D eigenvalue weighted by atomic mass is 16.2. The molecule has 150 valence electrons. The van der Waals surface area contributed by atoms with Crippen LogP contribution in [0.2, 0.25) is 0 Å². The molecule has 1 aliphatic rings. The Kier molecular flexibility index (Phi) is 5.57. The van der Waals surface area contributed by atoms with Crippen LogP contribution in [0.25, 0.3) is 5.52 Å². The summed E-state index contributed by atoms with van der Waals surface area (Å²) in [6.45, 7) is 3.51. The zero-order valence-electron chi connectivity index (χ0n) is 16.5. The molecule has 1 saturated heterocycles. The summed E-state index contributed by atoms with van der Waals surface area (Å²) in [4.78, 5) is 34.3. The molecule has 0 bridgehead atoms. The number of aromatic nitrogens is 2. The molecule has 0 unspecified atom stereocenters. The van der Waals surface area contributed by atoms with E-state index in [0.29, 0.717) is 30.8 Å². The summed E-state index contributed by atoms with van der Waals surface area (Å²) in [5.41, 5.74) is 2.15. The lowest BCUT2D eigenvalue weighted by molar-refractivity contribution is 0.0661. The first kappa shape index (κ1) is 19.1. The van der Waals surface area contributed by atoms with Gasteiger partial charge < -0.3 is 15.1 Å². The van der Waals surface area contributed by atoms with Crippen LogP contribution < -0.4 is 5.32 Å². The summed E-state index contributed by atoms with van der Waals surface area (Å²) >= 11 is 0. The van der Waals surface area contributed by atoms with Gasteiger partial charge in [0, 0.05) is 38.9 Å². The van der Waals surface area contributed by atoms with Gasteiger partial charge in [-0.15, -0.1) is 0 Å². The molecule has 0 radical (unpaired) electrons. The fourth-order valence-electron chi connectivity index (χ4n) is 3.56. The fraction of sp³-hybridized carbons (Fsp3) is 0.318. The highest BCUT2D eigenvalue weighted by molar-refractivity contribution is 6.02. The molecule has 7 nitrogen and oxygen atoms in total. The highest BCUT2D eigenvalue weighted by Crippen LogP contribution is 2.16. The van der Waals surface area contributed by atoms with Crippen LogP contribution in [0, 0.1) is 0 Å². The Balaban J connectivity index is 1.52. The first-order valence-corrected chi connectivity index (χ1v) is 9.90. The van der Waals surface area contributed by atoms with Crippen LogP contribution in [0.5, 0.6) is 0 Å². The van der Waals surface area contributed by atoms with Crippen LogP contribution in [0.3, 0.4) is 0 Å². The average molecular weight is 391 g/mol. The largest absolute Gasteiger partial charge is 0.349 e. The van der Waals surface area contributed by atoms with Crippen molar-refractivity contribution in [3.05, 3.63) is 71.8 Å². The van der Waals surface area contributed by atoms with E-state index >= 15 is 0 Å². The maximum Gasteiger partial charge on any atom is 0.287 e. The molecular weight excluding hydrogens is 366 g/mol. The summed E-state index contributed by atoms with van der Waals surface area (Å²) in [5.74, 6) is -0.157. The Hall–Kier alpha value is -3.19. The van der Waals surface area contributed by atoms with Crippen LogP contribution in [0.4, 0.5) is 0 Å². The van der Waals surface area contributed by atoms with E-state index < -0.39 is 0 Å². The summed E-state index contributed by atoms with van der Waals surface area (Å²) in [5, 5.41) is 2.92. The van der Waals surface area contributed by atoms with E-state index in [1.54, 1.807) is 10.6 Å². The van der Waals surface area contributed by atoms with Crippen LogP contribution in [0.15, 0.2) is 54.7 Å². The molecule has 1 N–H and O–H groups in total. The van der Waals surface area contributed by atoms with Gasteiger partial charge in [0.05, 0.1) is 5.52 Å². The number of likely N-dealkylation sites (N-methyl/N-ethyl adjacent to an activating group) is 1. The first-order valence-electron chi connectivity index (χ1n) is 9.90. The van der Waals surface area contributed by atoms with Gasteiger partial charge in [0.1, 0.15) is 0 Å². The number of carbonyl (C=O) groups is 2. The van der Waals surface area contributed by atoms with Crippen molar-refractivity contribution in [3.8, 4) is 0 Å². The lowest BCUT2D eigenvalue weighted by Crippen LogP contribution is -2.47. The van der Waals surface area contributed by atoms with Crippen LogP contribution in [0.1, 0.15) is 26.7 Å². The molecular formula is C22H25N5O2. The molecule has 1 fully saturated rings. The standard InChI is InChI=1S/C22H25N5O2/c1-25-13-15-26(16-14-25)22(29)19-18-9-5-6-12-27(18)20(24-19)21(28)23-11-10-17-7-3-2-4-8-17/h2-9,12H,10-11,13-16H2,1H3,(H,23,28). The molecule has 3 heterocycles. The van der Waals surface area contributed by atoms with E-state index in [0.717, 1.165) is 25.1 Å². The van der Waals surface area contributed by atoms with Gasteiger partial charge in [0.25, 0.3) is 11.8 Å². The maximum atomic E-state index is 13.1. The van der Waals surface area contributed by atoms with Crippen LogP contribution in [-0.4, -0.2) is 70.8 Å². The van der Waals surface area contributed by atoms with Crippen molar-refractivity contribution < 1.29 is 9.59 Å². The molecule has 0 spiro atoms. The fourth-order valence-corrected chi connectivity index (χ4v) is 3.56. The molecule has 1 aliphatic heterocycles. The molecule has 7 heteroatoms. The molecule has 0 atom stereocenters. The number of piperazine rings is 1. The zero-order chi connectivity index (χ0) is 20.2. The minimum atomic E-state index is -0.278. The number of hydrogen-bond acceptors (Lipinski definition) is 4. The van der Waals surface area contributed by atoms with Gasteiger partial charge in [0.2, 0.25) is 5.82 Å². The van der Waals surface area contributed by atoms with E-state index in [2.05, 4.69) is 15.2 Å². The molecule has 2 amide bonds. The number of rotatable bonds is 5. The Morgan fingerprint density at radius 3 is 2.48 bits per heavy atom. The van der Waals surface area contributed by atoms with E-state index in [1.807, 2.05) is 60.5 Å². The van der Waals surface area contributed by atoms with Gasteiger partial charge >= 0.3 is 0 Å². The van der Waals surface area contributed by atoms with Crippen molar-refractivity contribution in [2.75, 3.05) is 39.8 Å². The summed E-state index contributed by atoms with van der Waals surface area (Å²) in [7, 11) is 2.05. The van der Waals surface area contributed by atoms with Gasteiger partial charge in [-0.05, 0) is 31.2 Å². The van der Waals surface area contributed by atoms with Gasteiger partial charge in [-0.1, -0.05) is 36.4 Å². The van der Waals surface area contributed by atoms with Crippen LogP contribution in [-0.2, 0) is 6.42 Å². The van der Waals surface area contributed by atoms with Crippen molar-refractivity contribution in [1.82, 2.24) is 24.5 Å². The topological polar surface area (TPSA) is 69.9 Å². The van der Waals surface area contributed by atoms with E-state index in [-0.39, 0.29) is 17.6 Å². The van der Waals surface area contributed by atoms with E-state index in [9.17, 15) is 9.59 Å². The summed E-state index contributed by atoms with van der Waals surface area (Å²) in [6.07, 6.45) is 2.51. The zero-order valence-corrected chi connectivity index (χ0v) is 16.5. The maximum absolute atomic E-state index is 13.1.